The number of ether oxygens (including phenoxy) is 1. The fraction of sp³-hybridized carbons (Fsp3) is 0.200. The number of hydrazone groups is 1. The number of benzene rings is 3. The molecule has 190 valence electrons. The quantitative estimate of drug-likeness (QED) is 0.268. The first-order valence-corrected chi connectivity index (χ1v) is 13.3. The second-order valence-corrected chi connectivity index (χ2v) is 10.3. The van der Waals surface area contributed by atoms with Crippen molar-refractivity contribution in [1.29, 1.82) is 0 Å². The third-order valence-corrected chi connectivity index (χ3v) is 7.52. The first-order valence-electron chi connectivity index (χ1n) is 12.5. The lowest BCUT2D eigenvalue weighted by molar-refractivity contribution is -0.135. The van der Waals surface area contributed by atoms with Gasteiger partial charge in [0.05, 0.1) is 22.7 Å². The number of para-hydroxylation sites is 1. The summed E-state index contributed by atoms with van der Waals surface area (Å²) in [6.07, 6.45) is 6.44. The van der Waals surface area contributed by atoms with Crippen LogP contribution >= 0.6 is 23.2 Å². The molecule has 2 atom stereocenters. The highest BCUT2D eigenvalue weighted by atomic mass is 35.5. The Morgan fingerprint density at radius 2 is 1.71 bits per heavy atom. The smallest absolute Gasteiger partial charge is 0.281 e. The Morgan fingerprint density at radius 1 is 0.974 bits per heavy atom. The fourth-order valence-corrected chi connectivity index (χ4v) is 5.50. The Labute approximate surface area is 230 Å². The van der Waals surface area contributed by atoms with Crippen molar-refractivity contribution in [2.45, 2.75) is 25.3 Å². The Morgan fingerprint density at radius 3 is 2.50 bits per heavy atom. The normalized spacial score (nSPS) is 19.9. The highest BCUT2D eigenvalue weighted by molar-refractivity contribution is 6.30. The van der Waals surface area contributed by atoms with Gasteiger partial charge in [0.15, 0.2) is 6.61 Å². The van der Waals surface area contributed by atoms with Crippen LogP contribution in [-0.2, 0) is 4.79 Å². The molecule has 1 saturated carbocycles. The van der Waals surface area contributed by atoms with Gasteiger partial charge in [0, 0.05) is 16.0 Å². The summed E-state index contributed by atoms with van der Waals surface area (Å²) in [6, 6.07) is 22.7. The van der Waals surface area contributed by atoms with E-state index in [4.69, 9.17) is 33.0 Å². The zero-order chi connectivity index (χ0) is 26.1. The minimum Gasteiger partial charge on any atom is -0.467 e. The predicted molar refractivity (Wildman–Crippen MR) is 150 cm³/mol. The number of fused-ring (bicyclic) bond motifs is 2. The van der Waals surface area contributed by atoms with Crippen molar-refractivity contribution in [2.75, 3.05) is 6.61 Å². The highest BCUT2D eigenvalue weighted by Gasteiger charge is 2.43. The zero-order valence-electron chi connectivity index (χ0n) is 20.4. The number of hydrogen-bond donors (Lipinski definition) is 0. The summed E-state index contributed by atoms with van der Waals surface area (Å²) in [5.74, 6) is 0.215. The van der Waals surface area contributed by atoms with Crippen molar-refractivity contribution in [3.05, 3.63) is 106 Å². The van der Waals surface area contributed by atoms with Crippen LogP contribution in [0, 0.1) is 5.92 Å². The maximum atomic E-state index is 13.6. The van der Waals surface area contributed by atoms with Crippen LogP contribution in [0.15, 0.2) is 89.8 Å². The van der Waals surface area contributed by atoms with Gasteiger partial charge in [0.1, 0.15) is 6.33 Å². The molecule has 2 unspecified atom stereocenters. The lowest BCUT2D eigenvalue weighted by atomic mass is 9.77. The summed E-state index contributed by atoms with van der Waals surface area (Å²) in [4.78, 5) is 22.2. The number of nitrogens with zero attached hydrogens (tertiary/aromatic N) is 4. The second-order valence-electron chi connectivity index (χ2n) is 9.42. The van der Waals surface area contributed by atoms with Crippen LogP contribution in [-0.4, -0.2) is 33.2 Å². The van der Waals surface area contributed by atoms with Gasteiger partial charge in [0.2, 0.25) is 5.88 Å². The van der Waals surface area contributed by atoms with Gasteiger partial charge in [-0.05, 0) is 78.4 Å². The van der Waals surface area contributed by atoms with Gasteiger partial charge in [0.25, 0.3) is 5.91 Å². The van der Waals surface area contributed by atoms with E-state index in [0.29, 0.717) is 15.9 Å². The monoisotopic (exact) mass is 542 g/mol. The Kier molecular flexibility index (Phi) is 6.83. The summed E-state index contributed by atoms with van der Waals surface area (Å²) in [6.45, 7) is -0.190. The van der Waals surface area contributed by atoms with E-state index in [2.05, 4.69) is 16.0 Å². The summed E-state index contributed by atoms with van der Waals surface area (Å²) in [5.41, 5.74) is 4.90. The van der Waals surface area contributed by atoms with E-state index in [1.54, 1.807) is 5.01 Å². The van der Waals surface area contributed by atoms with E-state index in [9.17, 15) is 4.79 Å². The van der Waals surface area contributed by atoms with Crippen LogP contribution in [0.4, 0.5) is 0 Å². The largest absolute Gasteiger partial charge is 0.467 e. The van der Waals surface area contributed by atoms with Gasteiger partial charge in [-0.2, -0.15) is 5.10 Å². The third-order valence-electron chi connectivity index (χ3n) is 7.02. The number of amides is 1. The van der Waals surface area contributed by atoms with Crippen LogP contribution in [0.3, 0.4) is 0 Å². The molecule has 0 spiro atoms. The number of hydrogen-bond acceptors (Lipinski definition) is 5. The molecule has 8 heteroatoms. The van der Waals surface area contributed by atoms with E-state index >= 15 is 0 Å². The van der Waals surface area contributed by atoms with Gasteiger partial charge >= 0.3 is 0 Å². The fourth-order valence-electron chi connectivity index (χ4n) is 5.25. The lowest BCUT2D eigenvalue weighted by Crippen LogP contribution is -2.34. The lowest BCUT2D eigenvalue weighted by Gasteiger charge is -2.29. The van der Waals surface area contributed by atoms with Crippen LogP contribution in [0.5, 0.6) is 5.88 Å². The Balaban J connectivity index is 1.32. The molecule has 38 heavy (non-hydrogen) atoms. The minimum atomic E-state index is -0.241. The van der Waals surface area contributed by atoms with E-state index < -0.39 is 0 Å². The van der Waals surface area contributed by atoms with Crippen molar-refractivity contribution < 1.29 is 9.53 Å². The molecular formula is C30H24Cl2N4O2. The van der Waals surface area contributed by atoms with E-state index in [1.165, 1.54) is 6.33 Å². The van der Waals surface area contributed by atoms with Crippen LogP contribution in [0.2, 0.25) is 10.0 Å². The van der Waals surface area contributed by atoms with Gasteiger partial charge in [-0.15, -0.1) is 0 Å². The maximum Gasteiger partial charge on any atom is 0.281 e. The average Bonchev–Trinajstić information content (AvgIpc) is 3.34. The number of halogens is 2. The summed E-state index contributed by atoms with van der Waals surface area (Å²) in [5, 5.41) is 8.61. The summed E-state index contributed by atoms with van der Waals surface area (Å²) in [7, 11) is 0. The SMILES string of the molecule is O=C(COc1ncnc2ccccc12)N1N=C2/C(=C\c3ccc(Cl)cc3)CCCC2C1c1ccc(Cl)cc1. The average molecular weight is 543 g/mol. The topological polar surface area (TPSA) is 67.7 Å². The van der Waals surface area contributed by atoms with Gasteiger partial charge in [-0.1, -0.05) is 59.6 Å². The molecule has 0 bridgehead atoms. The highest BCUT2D eigenvalue weighted by Crippen LogP contribution is 2.44. The minimum absolute atomic E-state index is 0.0762. The molecule has 2 aliphatic rings. The van der Waals surface area contributed by atoms with E-state index in [0.717, 1.165) is 52.6 Å². The Hall–Kier alpha value is -3.74. The van der Waals surface area contributed by atoms with Crippen molar-refractivity contribution in [3.8, 4) is 5.88 Å². The Bertz CT molecular complexity index is 1550. The van der Waals surface area contributed by atoms with Gasteiger partial charge < -0.3 is 4.74 Å². The molecule has 6 rings (SSSR count). The number of carbonyl (C=O) groups excluding carboxylic acids is 1. The number of carbonyl (C=O) groups is 1. The molecule has 1 aliphatic heterocycles. The molecule has 0 saturated heterocycles. The van der Waals surface area contributed by atoms with Crippen molar-refractivity contribution in [1.82, 2.24) is 15.0 Å². The van der Waals surface area contributed by atoms with E-state index in [1.807, 2.05) is 72.8 Å². The molecule has 0 N–H and O–H groups in total. The molecule has 6 nitrogen and oxygen atoms in total. The third kappa shape index (κ3) is 4.89. The maximum absolute atomic E-state index is 13.6. The molecule has 0 radical (unpaired) electrons. The molecule has 1 aromatic heterocycles. The molecule has 2 heterocycles. The first kappa shape index (κ1) is 24.6. The number of aromatic nitrogens is 2. The molecular weight excluding hydrogens is 519 g/mol. The molecule has 3 aromatic carbocycles. The van der Waals surface area contributed by atoms with Gasteiger partial charge in [-0.3, -0.25) is 4.79 Å². The van der Waals surface area contributed by atoms with Crippen molar-refractivity contribution in [3.63, 3.8) is 0 Å². The number of allylic oxidation sites excluding steroid dienone is 1. The zero-order valence-corrected chi connectivity index (χ0v) is 21.9. The van der Waals surface area contributed by atoms with Crippen molar-refractivity contribution in [2.24, 2.45) is 11.0 Å². The predicted octanol–water partition coefficient (Wildman–Crippen LogP) is 7.14. The van der Waals surface area contributed by atoms with Crippen molar-refractivity contribution >= 4 is 51.8 Å². The standard InChI is InChI=1S/C30H24Cl2N4O2/c31-22-12-8-19(9-13-22)16-21-4-3-6-25-28(21)35-36(29(25)20-10-14-23(32)15-11-20)27(37)17-38-30-24-5-1-2-7-26(24)33-18-34-30/h1-2,5,7-16,18,25,29H,3-4,6,17H2/b21-16-. The molecule has 1 aliphatic carbocycles. The molecule has 1 amide bonds. The molecule has 4 aromatic rings. The molecule has 1 fully saturated rings. The van der Waals surface area contributed by atoms with E-state index in [-0.39, 0.29) is 24.5 Å². The summed E-state index contributed by atoms with van der Waals surface area (Å²) >= 11 is 12.3. The second kappa shape index (κ2) is 10.6. The van der Waals surface area contributed by atoms with Crippen LogP contribution in [0.1, 0.15) is 36.4 Å². The first-order chi connectivity index (χ1) is 18.6. The summed E-state index contributed by atoms with van der Waals surface area (Å²) < 4.78 is 5.92. The van der Waals surface area contributed by atoms with Crippen LogP contribution < -0.4 is 4.74 Å². The number of rotatable bonds is 5. The van der Waals surface area contributed by atoms with Crippen LogP contribution in [0.25, 0.3) is 17.0 Å². The van der Waals surface area contributed by atoms with Gasteiger partial charge in [-0.25, -0.2) is 15.0 Å².